The maximum absolute atomic E-state index is 6.66. The van der Waals surface area contributed by atoms with E-state index >= 15 is 0 Å². The van der Waals surface area contributed by atoms with Crippen LogP contribution < -0.4 is 0 Å². The number of aromatic nitrogens is 1. The van der Waals surface area contributed by atoms with Crippen molar-refractivity contribution in [3.05, 3.63) is 24.7 Å². The molecule has 0 bridgehead atoms. The Bertz CT molecular complexity index is 331. The number of rotatable bonds is 1. The van der Waals surface area contributed by atoms with Crippen molar-refractivity contribution in [2.24, 2.45) is 5.22 Å². The van der Waals surface area contributed by atoms with E-state index in [1.165, 1.54) is 4.68 Å². The third kappa shape index (κ3) is 0.556. The Labute approximate surface area is 56.5 Å². The van der Waals surface area contributed by atoms with E-state index in [4.69, 9.17) is 9.95 Å². The van der Waals surface area contributed by atoms with Crippen LogP contribution in [0.5, 0.6) is 0 Å². The van der Waals surface area contributed by atoms with Crippen molar-refractivity contribution in [2.45, 2.75) is 0 Å². The van der Waals surface area contributed by atoms with Gasteiger partial charge in [-0.3, -0.25) is 0 Å². The first-order chi connectivity index (χ1) is 4.90. The molecular weight excluding hydrogens is 130 g/mol. The van der Waals surface area contributed by atoms with E-state index in [0.717, 1.165) is 11.0 Å². The molecule has 2 aromatic heterocycles. The van der Waals surface area contributed by atoms with Gasteiger partial charge in [-0.1, -0.05) is 5.22 Å². The van der Waals surface area contributed by atoms with Gasteiger partial charge in [-0.15, -0.1) is 0 Å². The molecule has 0 atom stereocenters. The van der Waals surface area contributed by atoms with Crippen LogP contribution in [0.1, 0.15) is 0 Å². The molecule has 1 N–H and O–H groups in total. The second kappa shape index (κ2) is 1.70. The number of hydrogen-bond acceptors (Lipinski definition) is 3. The largest absolute Gasteiger partial charge is 0.463 e. The van der Waals surface area contributed by atoms with Crippen LogP contribution in [0.2, 0.25) is 0 Å². The van der Waals surface area contributed by atoms with Gasteiger partial charge >= 0.3 is 0 Å². The lowest BCUT2D eigenvalue weighted by Gasteiger charge is -1.81. The van der Waals surface area contributed by atoms with Gasteiger partial charge in [0.1, 0.15) is 0 Å². The van der Waals surface area contributed by atoms with Crippen LogP contribution >= 0.6 is 0 Å². The van der Waals surface area contributed by atoms with Crippen LogP contribution in [0.25, 0.3) is 11.0 Å². The molecule has 0 fully saturated rings. The zero-order valence-electron chi connectivity index (χ0n) is 5.11. The predicted molar refractivity (Wildman–Crippen MR) is 34.7 cm³/mol. The Kier molecular flexibility index (Phi) is 0.887. The zero-order chi connectivity index (χ0) is 6.97. The second-order valence-electron chi connectivity index (χ2n) is 1.98. The molecule has 0 amide bonds. The number of nitrogens with zero attached hydrogens (tertiary/aromatic N) is 2. The van der Waals surface area contributed by atoms with Gasteiger partial charge in [-0.05, 0) is 6.07 Å². The molecule has 0 aromatic carbocycles. The van der Waals surface area contributed by atoms with Crippen LogP contribution in [0.4, 0.5) is 0 Å². The van der Waals surface area contributed by atoms with E-state index < -0.39 is 0 Å². The van der Waals surface area contributed by atoms with Crippen molar-refractivity contribution < 1.29 is 4.42 Å². The average Bonchev–Trinajstić information content (AvgIpc) is 2.42. The van der Waals surface area contributed by atoms with Crippen molar-refractivity contribution in [1.82, 2.24) is 4.68 Å². The minimum absolute atomic E-state index is 0.760. The maximum Gasteiger partial charge on any atom is 0.153 e. The molecule has 0 saturated carbocycles. The normalized spacial score (nSPS) is 10.4. The molecule has 2 rings (SSSR count). The monoisotopic (exact) mass is 135 g/mol. The third-order valence-electron chi connectivity index (χ3n) is 1.36. The molecular formula is C6H5N3O. The summed E-state index contributed by atoms with van der Waals surface area (Å²) in [5.41, 5.74) is 7.42. The highest BCUT2D eigenvalue weighted by molar-refractivity contribution is 5.76. The SMILES string of the molecule is N=Nn1cc2ccoc2c1. The molecule has 2 aromatic rings. The topological polar surface area (TPSA) is 54.3 Å². The fourth-order valence-electron chi connectivity index (χ4n) is 0.900. The first-order valence-electron chi connectivity index (χ1n) is 2.83. The fourth-order valence-corrected chi connectivity index (χ4v) is 0.900. The quantitative estimate of drug-likeness (QED) is 0.597. The summed E-state index contributed by atoms with van der Waals surface area (Å²) in [5.74, 6) is 0. The van der Waals surface area contributed by atoms with Gasteiger partial charge < -0.3 is 4.42 Å². The first kappa shape index (κ1) is 5.22. The number of hydrogen-bond donors (Lipinski definition) is 1. The first-order valence-corrected chi connectivity index (χ1v) is 2.83. The summed E-state index contributed by atoms with van der Waals surface area (Å²) in [7, 11) is 0. The Morgan fingerprint density at radius 3 is 3.10 bits per heavy atom. The average molecular weight is 135 g/mol. The van der Waals surface area contributed by atoms with Gasteiger partial charge in [0, 0.05) is 11.6 Å². The van der Waals surface area contributed by atoms with Crippen LogP contribution in [-0.2, 0) is 0 Å². The molecule has 50 valence electrons. The lowest BCUT2D eigenvalue weighted by Crippen LogP contribution is -1.75. The minimum atomic E-state index is 0.760. The third-order valence-corrected chi connectivity index (χ3v) is 1.36. The van der Waals surface area contributed by atoms with Gasteiger partial charge in [0.05, 0.1) is 12.5 Å². The predicted octanol–water partition coefficient (Wildman–Crippen LogP) is 2.03. The summed E-state index contributed by atoms with van der Waals surface area (Å²) in [6.45, 7) is 0. The number of fused-ring (bicyclic) bond motifs is 1. The van der Waals surface area contributed by atoms with Crippen molar-refractivity contribution in [2.75, 3.05) is 0 Å². The molecule has 0 radical (unpaired) electrons. The lowest BCUT2D eigenvalue weighted by atomic mass is 10.4. The Morgan fingerprint density at radius 2 is 2.40 bits per heavy atom. The van der Waals surface area contributed by atoms with Crippen LogP contribution in [-0.4, -0.2) is 4.68 Å². The van der Waals surface area contributed by atoms with E-state index in [2.05, 4.69) is 5.22 Å². The van der Waals surface area contributed by atoms with Crippen LogP contribution in [0, 0.1) is 5.53 Å². The van der Waals surface area contributed by atoms with Crippen molar-refractivity contribution in [3.63, 3.8) is 0 Å². The van der Waals surface area contributed by atoms with E-state index in [1.807, 2.05) is 6.07 Å². The van der Waals surface area contributed by atoms with Gasteiger partial charge in [-0.25, -0.2) is 4.68 Å². The van der Waals surface area contributed by atoms with Crippen molar-refractivity contribution >= 4 is 11.0 Å². The van der Waals surface area contributed by atoms with Crippen molar-refractivity contribution in [1.29, 1.82) is 5.53 Å². The number of nitrogens with one attached hydrogen (secondary N) is 1. The highest BCUT2D eigenvalue weighted by atomic mass is 16.3. The Hall–Kier alpha value is -1.58. The maximum atomic E-state index is 6.66. The van der Waals surface area contributed by atoms with E-state index in [1.54, 1.807) is 18.7 Å². The summed E-state index contributed by atoms with van der Waals surface area (Å²) in [4.78, 5) is 0. The second-order valence-corrected chi connectivity index (χ2v) is 1.98. The summed E-state index contributed by atoms with van der Waals surface area (Å²) in [5, 5.41) is 4.16. The summed E-state index contributed by atoms with van der Waals surface area (Å²) >= 11 is 0. The van der Waals surface area contributed by atoms with E-state index in [9.17, 15) is 0 Å². The molecule has 4 heteroatoms. The zero-order valence-corrected chi connectivity index (χ0v) is 5.11. The molecule has 0 saturated heterocycles. The Morgan fingerprint density at radius 1 is 1.50 bits per heavy atom. The van der Waals surface area contributed by atoms with Gasteiger partial charge in [0.15, 0.2) is 5.58 Å². The standard InChI is InChI=1S/C6H5N3O/c7-8-9-3-5-1-2-10-6(5)4-9/h1-4,7H. The van der Waals surface area contributed by atoms with Crippen molar-refractivity contribution in [3.8, 4) is 0 Å². The molecule has 0 aliphatic rings. The van der Waals surface area contributed by atoms with Gasteiger partial charge in [0.2, 0.25) is 0 Å². The molecule has 0 unspecified atom stereocenters. The molecule has 0 spiro atoms. The molecule has 2 heterocycles. The highest BCUT2D eigenvalue weighted by Gasteiger charge is 1.98. The van der Waals surface area contributed by atoms with Gasteiger partial charge in [0.25, 0.3) is 0 Å². The van der Waals surface area contributed by atoms with Gasteiger partial charge in [-0.2, -0.15) is 5.53 Å². The fraction of sp³-hybridized carbons (Fsp3) is 0. The number of furan rings is 1. The minimum Gasteiger partial charge on any atom is -0.463 e. The molecule has 0 aliphatic carbocycles. The molecule has 0 aliphatic heterocycles. The van der Waals surface area contributed by atoms with E-state index in [0.29, 0.717) is 0 Å². The molecule has 4 nitrogen and oxygen atoms in total. The van der Waals surface area contributed by atoms with E-state index in [-0.39, 0.29) is 0 Å². The molecule has 10 heavy (non-hydrogen) atoms. The summed E-state index contributed by atoms with van der Waals surface area (Å²) in [6.07, 6.45) is 4.99. The summed E-state index contributed by atoms with van der Waals surface area (Å²) in [6, 6.07) is 1.83. The lowest BCUT2D eigenvalue weighted by molar-refractivity contribution is 0.611. The highest BCUT2D eigenvalue weighted by Crippen LogP contribution is 2.15. The summed E-state index contributed by atoms with van der Waals surface area (Å²) < 4.78 is 6.43. The smallest absolute Gasteiger partial charge is 0.153 e. The Balaban J connectivity index is 2.78. The van der Waals surface area contributed by atoms with Crippen LogP contribution in [0.15, 0.2) is 34.4 Å². The van der Waals surface area contributed by atoms with Crippen LogP contribution in [0.3, 0.4) is 0 Å².